The van der Waals surface area contributed by atoms with Gasteiger partial charge in [-0.25, -0.2) is 0 Å². The van der Waals surface area contributed by atoms with E-state index in [1.54, 1.807) is 0 Å². The number of nitrogen functional groups attached to an aromatic ring is 1. The Labute approximate surface area is 93.8 Å². The van der Waals surface area contributed by atoms with Gasteiger partial charge in [0.05, 0.1) is 0 Å². The molecular weight excluding hydrogens is 202 g/mol. The van der Waals surface area contributed by atoms with Crippen molar-refractivity contribution in [2.45, 2.75) is 19.3 Å². The van der Waals surface area contributed by atoms with Gasteiger partial charge in [0.1, 0.15) is 5.52 Å². The van der Waals surface area contributed by atoms with E-state index in [1.807, 2.05) is 18.2 Å². The minimum atomic E-state index is 0.604. The molecule has 1 aliphatic rings. The molecule has 1 aromatic carbocycles. The molecule has 0 saturated heterocycles. The quantitative estimate of drug-likeness (QED) is 0.776. The highest BCUT2D eigenvalue weighted by Crippen LogP contribution is 2.27. The van der Waals surface area contributed by atoms with Crippen molar-refractivity contribution >= 4 is 22.8 Å². The van der Waals surface area contributed by atoms with Crippen LogP contribution in [0.4, 0.5) is 11.7 Å². The first-order chi connectivity index (χ1) is 7.81. The molecule has 1 fully saturated rings. The highest BCUT2D eigenvalue weighted by molar-refractivity contribution is 5.78. The van der Waals surface area contributed by atoms with Crippen molar-refractivity contribution in [1.82, 2.24) is 4.98 Å². The molecule has 0 aliphatic heterocycles. The van der Waals surface area contributed by atoms with Crippen molar-refractivity contribution < 1.29 is 4.42 Å². The Morgan fingerprint density at radius 2 is 2.31 bits per heavy atom. The first-order valence-electron chi connectivity index (χ1n) is 5.71. The largest absolute Gasteiger partial charge is 0.424 e. The number of aromatic nitrogens is 1. The van der Waals surface area contributed by atoms with Gasteiger partial charge in [-0.15, -0.1) is 0 Å². The number of nitrogens with two attached hydrogens (primary N) is 1. The first-order valence-corrected chi connectivity index (χ1v) is 5.71. The molecule has 1 aliphatic carbocycles. The van der Waals surface area contributed by atoms with Crippen LogP contribution >= 0.6 is 0 Å². The number of benzene rings is 1. The Balaban J connectivity index is 1.76. The van der Waals surface area contributed by atoms with Crippen LogP contribution in [0.25, 0.3) is 11.1 Å². The maximum absolute atomic E-state index is 5.68. The summed E-state index contributed by atoms with van der Waals surface area (Å²) in [4.78, 5) is 4.35. The summed E-state index contributed by atoms with van der Waals surface area (Å²) >= 11 is 0. The van der Waals surface area contributed by atoms with Crippen LogP contribution in [0.2, 0.25) is 0 Å². The van der Waals surface area contributed by atoms with Crippen LogP contribution in [0.15, 0.2) is 22.6 Å². The van der Waals surface area contributed by atoms with Gasteiger partial charge in [-0.1, -0.05) is 6.42 Å². The standard InChI is InChI=1S/C12H15N3O/c13-9-4-5-11-10(6-9)15-12(16-11)14-7-8-2-1-3-8/h4-6,8H,1-3,7,13H2,(H,14,15). The summed E-state index contributed by atoms with van der Waals surface area (Å²) in [5, 5.41) is 3.24. The third-order valence-corrected chi connectivity index (χ3v) is 3.18. The normalized spacial score (nSPS) is 16.2. The van der Waals surface area contributed by atoms with Gasteiger partial charge in [0, 0.05) is 12.2 Å². The van der Waals surface area contributed by atoms with Gasteiger partial charge >= 0.3 is 0 Å². The van der Waals surface area contributed by atoms with E-state index in [-0.39, 0.29) is 0 Å². The molecule has 16 heavy (non-hydrogen) atoms. The predicted octanol–water partition coefficient (Wildman–Crippen LogP) is 2.62. The van der Waals surface area contributed by atoms with Crippen LogP contribution in [-0.2, 0) is 0 Å². The molecule has 0 radical (unpaired) electrons. The van der Waals surface area contributed by atoms with E-state index in [0.717, 1.165) is 23.6 Å². The van der Waals surface area contributed by atoms with Gasteiger partial charge in [0.15, 0.2) is 5.58 Å². The first kappa shape index (κ1) is 9.51. The maximum atomic E-state index is 5.68. The molecule has 2 aromatic rings. The fourth-order valence-electron chi connectivity index (χ4n) is 1.95. The zero-order chi connectivity index (χ0) is 11.0. The van der Waals surface area contributed by atoms with Gasteiger partial charge in [-0.2, -0.15) is 4.98 Å². The highest BCUT2D eigenvalue weighted by atomic mass is 16.4. The number of hydrogen-bond acceptors (Lipinski definition) is 4. The lowest BCUT2D eigenvalue weighted by atomic mass is 9.85. The number of nitrogens with one attached hydrogen (secondary N) is 1. The average Bonchev–Trinajstić information content (AvgIpc) is 2.57. The van der Waals surface area contributed by atoms with Gasteiger partial charge < -0.3 is 15.5 Å². The SMILES string of the molecule is Nc1ccc2oc(NCC3CCC3)nc2c1. The number of hydrogen-bond donors (Lipinski definition) is 2. The van der Waals surface area contributed by atoms with E-state index in [4.69, 9.17) is 10.2 Å². The molecule has 0 unspecified atom stereocenters. The third-order valence-electron chi connectivity index (χ3n) is 3.18. The molecule has 3 rings (SSSR count). The second-order valence-electron chi connectivity index (χ2n) is 4.42. The van der Waals surface area contributed by atoms with E-state index < -0.39 is 0 Å². The second-order valence-corrected chi connectivity index (χ2v) is 4.42. The lowest BCUT2D eigenvalue weighted by molar-refractivity contribution is 0.331. The molecule has 0 bridgehead atoms. The van der Waals surface area contributed by atoms with Gasteiger partial charge in [0.25, 0.3) is 6.01 Å². The molecule has 1 heterocycles. The molecule has 0 spiro atoms. The van der Waals surface area contributed by atoms with Crippen LogP contribution in [0, 0.1) is 5.92 Å². The average molecular weight is 217 g/mol. The van der Waals surface area contributed by atoms with E-state index in [2.05, 4.69) is 10.3 Å². The fourth-order valence-corrected chi connectivity index (χ4v) is 1.95. The van der Waals surface area contributed by atoms with E-state index >= 15 is 0 Å². The third kappa shape index (κ3) is 1.71. The topological polar surface area (TPSA) is 64.1 Å². The molecule has 1 saturated carbocycles. The molecular formula is C12H15N3O. The van der Waals surface area contributed by atoms with Crippen LogP contribution in [0.1, 0.15) is 19.3 Å². The van der Waals surface area contributed by atoms with E-state index in [0.29, 0.717) is 11.7 Å². The summed E-state index contributed by atoms with van der Waals surface area (Å²) < 4.78 is 5.56. The van der Waals surface area contributed by atoms with Crippen molar-refractivity contribution in [3.05, 3.63) is 18.2 Å². The Bertz CT molecular complexity index is 502. The minimum absolute atomic E-state index is 0.604. The van der Waals surface area contributed by atoms with Crippen LogP contribution < -0.4 is 11.1 Å². The summed E-state index contributed by atoms with van der Waals surface area (Å²) in [6, 6.07) is 6.11. The number of oxazole rings is 1. The van der Waals surface area contributed by atoms with Crippen molar-refractivity contribution in [3.8, 4) is 0 Å². The van der Waals surface area contributed by atoms with E-state index in [9.17, 15) is 0 Å². The van der Waals surface area contributed by atoms with Crippen molar-refractivity contribution in [3.63, 3.8) is 0 Å². The summed E-state index contributed by atoms with van der Waals surface area (Å²) in [6.07, 6.45) is 4.00. The molecule has 0 amide bonds. The number of nitrogens with zero attached hydrogens (tertiary/aromatic N) is 1. The maximum Gasteiger partial charge on any atom is 0.295 e. The number of rotatable bonds is 3. The Hall–Kier alpha value is -1.71. The van der Waals surface area contributed by atoms with Crippen molar-refractivity contribution in [2.75, 3.05) is 17.6 Å². The molecule has 4 heteroatoms. The number of anilines is 2. The van der Waals surface area contributed by atoms with E-state index in [1.165, 1.54) is 19.3 Å². The van der Waals surface area contributed by atoms with Gasteiger partial charge in [-0.3, -0.25) is 0 Å². The molecule has 0 atom stereocenters. The summed E-state index contributed by atoms with van der Waals surface area (Å²) in [7, 11) is 0. The molecule has 1 aromatic heterocycles. The van der Waals surface area contributed by atoms with Gasteiger partial charge in [-0.05, 0) is 37.0 Å². The zero-order valence-electron chi connectivity index (χ0n) is 9.07. The van der Waals surface area contributed by atoms with Crippen molar-refractivity contribution in [2.24, 2.45) is 5.92 Å². The zero-order valence-corrected chi connectivity index (χ0v) is 9.07. The van der Waals surface area contributed by atoms with Crippen LogP contribution in [-0.4, -0.2) is 11.5 Å². The molecule has 84 valence electrons. The Morgan fingerprint density at radius 1 is 1.44 bits per heavy atom. The Morgan fingerprint density at radius 3 is 3.06 bits per heavy atom. The highest BCUT2D eigenvalue weighted by Gasteiger charge is 2.17. The second kappa shape index (κ2) is 3.70. The smallest absolute Gasteiger partial charge is 0.295 e. The van der Waals surface area contributed by atoms with Crippen LogP contribution in [0.3, 0.4) is 0 Å². The predicted molar refractivity (Wildman–Crippen MR) is 64.3 cm³/mol. The fraction of sp³-hybridized carbons (Fsp3) is 0.417. The molecule has 3 N–H and O–H groups in total. The van der Waals surface area contributed by atoms with Gasteiger partial charge in [0.2, 0.25) is 0 Å². The van der Waals surface area contributed by atoms with Crippen LogP contribution in [0.5, 0.6) is 0 Å². The summed E-state index contributed by atoms with van der Waals surface area (Å²) in [5.41, 5.74) is 8.00. The lowest BCUT2D eigenvalue weighted by Crippen LogP contribution is -2.20. The minimum Gasteiger partial charge on any atom is -0.424 e. The summed E-state index contributed by atoms with van der Waals surface area (Å²) in [5.74, 6) is 0.792. The summed E-state index contributed by atoms with van der Waals surface area (Å²) in [6.45, 7) is 0.961. The Kier molecular flexibility index (Phi) is 2.20. The number of fused-ring (bicyclic) bond motifs is 1. The lowest BCUT2D eigenvalue weighted by Gasteiger charge is -2.24. The monoisotopic (exact) mass is 217 g/mol. The molecule has 4 nitrogen and oxygen atoms in total. The van der Waals surface area contributed by atoms with Crippen molar-refractivity contribution in [1.29, 1.82) is 0 Å².